The van der Waals surface area contributed by atoms with Crippen molar-refractivity contribution in [3.8, 4) is 0 Å². The lowest BCUT2D eigenvalue weighted by Gasteiger charge is -2.30. The minimum absolute atomic E-state index is 0.727. The zero-order valence-corrected chi connectivity index (χ0v) is 7.96. The van der Waals surface area contributed by atoms with Gasteiger partial charge in [0.15, 0.2) is 0 Å². The maximum absolute atomic E-state index is 5.45. The molecule has 0 aromatic heterocycles. The first-order valence-electron chi connectivity index (χ1n) is 4.82. The molecule has 0 aromatic carbocycles. The number of nitrogens with zero attached hydrogens (tertiary/aromatic N) is 1. The topological polar surface area (TPSA) is 38.5 Å². The Morgan fingerprint density at radius 2 is 2.08 bits per heavy atom. The lowest BCUT2D eigenvalue weighted by Crippen LogP contribution is -2.37. The summed E-state index contributed by atoms with van der Waals surface area (Å²) in [6.45, 7) is 3.78. The minimum atomic E-state index is 0.727. The van der Waals surface area contributed by atoms with Crippen molar-refractivity contribution < 1.29 is 4.74 Å². The third kappa shape index (κ3) is 3.09. The van der Waals surface area contributed by atoms with E-state index >= 15 is 0 Å². The van der Waals surface area contributed by atoms with Gasteiger partial charge < -0.3 is 15.4 Å². The third-order valence-electron chi connectivity index (χ3n) is 2.53. The molecule has 0 aliphatic carbocycles. The molecule has 0 spiro atoms. The molecule has 1 fully saturated rings. The van der Waals surface area contributed by atoms with Gasteiger partial charge in [-0.2, -0.15) is 0 Å². The van der Waals surface area contributed by atoms with Gasteiger partial charge in [-0.1, -0.05) is 0 Å². The predicted molar refractivity (Wildman–Crippen MR) is 50.1 cm³/mol. The molecule has 1 heterocycles. The van der Waals surface area contributed by atoms with Gasteiger partial charge >= 0.3 is 0 Å². The SMILES string of the molecule is CN(CCCN)C1CCOCC1. The van der Waals surface area contributed by atoms with Crippen LogP contribution in [-0.4, -0.2) is 44.3 Å². The van der Waals surface area contributed by atoms with E-state index in [4.69, 9.17) is 10.5 Å². The van der Waals surface area contributed by atoms with Crippen LogP contribution in [0.25, 0.3) is 0 Å². The summed E-state index contributed by atoms with van der Waals surface area (Å²) in [6, 6.07) is 0.727. The molecule has 3 nitrogen and oxygen atoms in total. The van der Waals surface area contributed by atoms with Crippen molar-refractivity contribution in [3.63, 3.8) is 0 Å². The number of ether oxygens (including phenoxy) is 1. The maximum Gasteiger partial charge on any atom is 0.0480 e. The van der Waals surface area contributed by atoms with Gasteiger partial charge in [0.25, 0.3) is 0 Å². The summed E-state index contributed by atoms with van der Waals surface area (Å²) in [6.07, 6.45) is 3.47. The third-order valence-corrected chi connectivity index (χ3v) is 2.53. The maximum atomic E-state index is 5.45. The van der Waals surface area contributed by atoms with Crippen molar-refractivity contribution in [3.05, 3.63) is 0 Å². The number of rotatable bonds is 4. The summed E-state index contributed by atoms with van der Waals surface area (Å²) in [4.78, 5) is 2.41. The molecule has 1 rings (SSSR count). The van der Waals surface area contributed by atoms with E-state index in [0.29, 0.717) is 0 Å². The Balaban J connectivity index is 2.15. The van der Waals surface area contributed by atoms with Gasteiger partial charge in [0.1, 0.15) is 0 Å². The Bertz CT molecular complexity index is 113. The van der Waals surface area contributed by atoms with Crippen LogP contribution in [0, 0.1) is 0 Å². The fourth-order valence-corrected chi connectivity index (χ4v) is 1.65. The van der Waals surface area contributed by atoms with Gasteiger partial charge in [0.05, 0.1) is 0 Å². The van der Waals surface area contributed by atoms with Gasteiger partial charge in [0, 0.05) is 19.3 Å². The molecule has 0 radical (unpaired) electrons. The summed E-state index contributed by atoms with van der Waals surface area (Å²) in [7, 11) is 2.19. The number of nitrogens with two attached hydrogens (primary N) is 1. The lowest BCUT2D eigenvalue weighted by atomic mass is 10.1. The summed E-state index contributed by atoms with van der Waals surface area (Å²) in [5, 5.41) is 0. The molecule has 0 atom stereocenters. The van der Waals surface area contributed by atoms with Crippen molar-refractivity contribution in [2.75, 3.05) is 33.4 Å². The smallest absolute Gasteiger partial charge is 0.0480 e. The fraction of sp³-hybridized carbons (Fsp3) is 1.00. The second kappa shape index (κ2) is 5.51. The molecule has 72 valence electrons. The van der Waals surface area contributed by atoms with Crippen molar-refractivity contribution in [2.24, 2.45) is 5.73 Å². The average Bonchev–Trinajstić information content (AvgIpc) is 2.15. The van der Waals surface area contributed by atoms with E-state index in [1.165, 1.54) is 12.8 Å². The molecule has 3 heteroatoms. The molecular weight excluding hydrogens is 152 g/mol. The highest BCUT2D eigenvalue weighted by Gasteiger charge is 2.17. The Kier molecular flexibility index (Phi) is 4.58. The van der Waals surface area contributed by atoms with E-state index in [1.807, 2.05) is 0 Å². The largest absolute Gasteiger partial charge is 0.381 e. The first kappa shape index (κ1) is 9.96. The van der Waals surface area contributed by atoms with Crippen LogP contribution in [0.3, 0.4) is 0 Å². The molecule has 1 aliphatic heterocycles. The molecule has 0 aromatic rings. The molecule has 1 saturated heterocycles. The second-order valence-corrected chi connectivity index (χ2v) is 3.47. The molecule has 1 aliphatic rings. The molecule has 0 saturated carbocycles. The van der Waals surface area contributed by atoms with E-state index in [2.05, 4.69) is 11.9 Å². The van der Waals surface area contributed by atoms with Crippen LogP contribution in [0.5, 0.6) is 0 Å². The van der Waals surface area contributed by atoms with Crippen LogP contribution < -0.4 is 5.73 Å². The Morgan fingerprint density at radius 1 is 1.42 bits per heavy atom. The number of hydrogen-bond acceptors (Lipinski definition) is 3. The van der Waals surface area contributed by atoms with Crippen molar-refractivity contribution >= 4 is 0 Å². The summed E-state index contributed by atoms with van der Waals surface area (Å²) >= 11 is 0. The van der Waals surface area contributed by atoms with Gasteiger partial charge in [-0.05, 0) is 39.4 Å². The van der Waals surface area contributed by atoms with Gasteiger partial charge in [0.2, 0.25) is 0 Å². The molecule has 12 heavy (non-hydrogen) atoms. The van der Waals surface area contributed by atoms with E-state index in [0.717, 1.165) is 38.8 Å². The van der Waals surface area contributed by atoms with Crippen molar-refractivity contribution in [2.45, 2.75) is 25.3 Å². The van der Waals surface area contributed by atoms with Crippen LogP contribution in [0.2, 0.25) is 0 Å². The van der Waals surface area contributed by atoms with Gasteiger partial charge in [-0.15, -0.1) is 0 Å². The predicted octanol–water partition coefficient (Wildman–Crippen LogP) is 0.446. The highest BCUT2D eigenvalue weighted by molar-refractivity contribution is 4.71. The number of hydrogen-bond donors (Lipinski definition) is 1. The molecule has 0 bridgehead atoms. The molecule has 0 amide bonds. The Morgan fingerprint density at radius 3 is 2.67 bits per heavy atom. The zero-order valence-electron chi connectivity index (χ0n) is 7.96. The van der Waals surface area contributed by atoms with E-state index in [1.54, 1.807) is 0 Å². The van der Waals surface area contributed by atoms with Gasteiger partial charge in [-0.3, -0.25) is 0 Å². The summed E-state index contributed by atoms with van der Waals surface area (Å²) in [5.41, 5.74) is 5.45. The van der Waals surface area contributed by atoms with Crippen LogP contribution >= 0.6 is 0 Å². The van der Waals surface area contributed by atoms with E-state index in [9.17, 15) is 0 Å². The molecule has 0 unspecified atom stereocenters. The first-order valence-corrected chi connectivity index (χ1v) is 4.82. The standard InChI is InChI=1S/C9H20N2O/c1-11(6-2-5-10)9-3-7-12-8-4-9/h9H,2-8,10H2,1H3. The highest BCUT2D eigenvalue weighted by Crippen LogP contribution is 2.12. The monoisotopic (exact) mass is 172 g/mol. The van der Waals surface area contributed by atoms with Gasteiger partial charge in [-0.25, -0.2) is 0 Å². The first-order chi connectivity index (χ1) is 5.84. The normalized spacial score (nSPS) is 20.2. The summed E-state index contributed by atoms with van der Waals surface area (Å²) in [5.74, 6) is 0. The van der Waals surface area contributed by atoms with E-state index < -0.39 is 0 Å². The molecular formula is C9H20N2O. The summed E-state index contributed by atoms with van der Waals surface area (Å²) < 4.78 is 5.30. The van der Waals surface area contributed by atoms with Crippen LogP contribution in [0.15, 0.2) is 0 Å². The molecule has 2 N–H and O–H groups in total. The van der Waals surface area contributed by atoms with Crippen molar-refractivity contribution in [1.29, 1.82) is 0 Å². The highest BCUT2D eigenvalue weighted by atomic mass is 16.5. The lowest BCUT2D eigenvalue weighted by molar-refractivity contribution is 0.0429. The van der Waals surface area contributed by atoms with Crippen molar-refractivity contribution in [1.82, 2.24) is 4.90 Å². The average molecular weight is 172 g/mol. The quantitative estimate of drug-likeness (QED) is 0.669. The van der Waals surface area contributed by atoms with Crippen LogP contribution in [-0.2, 0) is 4.74 Å². The second-order valence-electron chi connectivity index (χ2n) is 3.47. The zero-order chi connectivity index (χ0) is 8.81. The Labute approximate surface area is 74.9 Å². The Hall–Kier alpha value is -0.120. The van der Waals surface area contributed by atoms with Crippen LogP contribution in [0.1, 0.15) is 19.3 Å². The fourth-order valence-electron chi connectivity index (χ4n) is 1.65. The van der Waals surface area contributed by atoms with Crippen LogP contribution in [0.4, 0.5) is 0 Å². The minimum Gasteiger partial charge on any atom is -0.381 e. The van der Waals surface area contributed by atoms with E-state index in [-0.39, 0.29) is 0 Å².